The summed E-state index contributed by atoms with van der Waals surface area (Å²) in [6.07, 6.45) is 0. The fourth-order valence-electron chi connectivity index (χ4n) is 1.44. The van der Waals surface area contributed by atoms with Crippen LogP contribution in [0.1, 0.15) is 11.1 Å². The maximum atomic E-state index is 8.78. The molecule has 0 amide bonds. The molecule has 0 saturated carbocycles. The van der Waals surface area contributed by atoms with Crippen LogP contribution in [-0.2, 0) is 0 Å². The Balaban J connectivity index is 2.32. The Morgan fingerprint density at radius 1 is 1.12 bits per heavy atom. The Labute approximate surface area is 109 Å². The third-order valence-corrected chi connectivity index (χ3v) is 2.99. The predicted octanol–water partition coefficient (Wildman–Crippen LogP) is 4.42. The van der Waals surface area contributed by atoms with Gasteiger partial charge in [-0.05, 0) is 52.7 Å². The van der Waals surface area contributed by atoms with Gasteiger partial charge < -0.3 is 4.74 Å². The quantitative estimate of drug-likeness (QED) is 0.819. The third kappa shape index (κ3) is 2.66. The van der Waals surface area contributed by atoms with Crippen molar-refractivity contribution in [1.82, 2.24) is 0 Å². The number of ether oxygens (including phenoxy) is 1. The molecule has 2 nitrogen and oxygen atoms in total. The zero-order valence-electron chi connectivity index (χ0n) is 9.27. The van der Waals surface area contributed by atoms with Crippen LogP contribution in [0.15, 0.2) is 46.9 Å². The van der Waals surface area contributed by atoms with Crippen LogP contribution in [0.2, 0.25) is 0 Å². The molecule has 84 valence electrons. The normalized spacial score (nSPS) is 9.71. The molecule has 0 radical (unpaired) electrons. The van der Waals surface area contributed by atoms with Gasteiger partial charge in [-0.1, -0.05) is 18.2 Å². The minimum atomic E-state index is 0.606. The van der Waals surface area contributed by atoms with Gasteiger partial charge in [0.2, 0.25) is 0 Å². The second-order valence-corrected chi connectivity index (χ2v) is 4.48. The summed E-state index contributed by atoms with van der Waals surface area (Å²) in [7, 11) is 0. The number of nitriles is 1. The van der Waals surface area contributed by atoms with E-state index >= 15 is 0 Å². The molecule has 0 aliphatic rings. The smallest absolute Gasteiger partial charge is 0.141 e. The Hall–Kier alpha value is -1.79. The third-order valence-electron chi connectivity index (χ3n) is 2.37. The monoisotopic (exact) mass is 287 g/mol. The van der Waals surface area contributed by atoms with Gasteiger partial charge in [-0.15, -0.1) is 0 Å². The highest BCUT2D eigenvalue weighted by molar-refractivity contribution is 9.10. The summed E-state index contributed by atoms with van der Waals surface area (Å²) in [6.45, 7) is 1.99. The van der Waals surface area contributed by atoms with E-state index in [0.29, 0.717) is 11.3 Å². The fourth-order valence-corrected chi connectivity index (χ4v) is 1.90. The molecule has 0 saturated heterocycles. The van der Waals surface area contributed by atoms with Crippen molar-refractivity contribution in [3.8, 4) is 17.6 Å². The van der Waals surface area contributed by atoms with Crippen molar-refractivity contribution in [2.45, 2.75) is 6.92 Å². The fraction of sp³-hybridized carbons (Fsp3) is 0.0714. The van der Waals surface area contributed by atoms with Gasteiger partial charge in [0, 0.05) is 0 Å². The second kappa shape index (κ2) is 5.03. The van der Waals surface area contributed by atoms with Gasteiger partial charge in [0.1, 0.15) is 11.5 Å². The minimum Gasteiger partial charge on any atom is -0.456 e. The topological polar surface area (TPSA) is 33.0 Å². The van der Waals surface area contributed by atoms with E-state index in [1.165, 1.54) is 0 Å². The summed E-state index contributed by atoms with van der Waals surface area (Å²) in [5.74, 6) is 1.52. The lowest BCUT2D eigenvalue weighted by atomic mass is 10.2. The molecular weight excluding hydrogens is 278 g/mol. The Kier molecular flexibility index (Phi) is 3.46. The van der Waals surface area contributed by atoms with Gasteiger partial charge in [-0.3, -0.25) is 0 Å². The van der Waals surface area contributed by atoms with Crippen LogP contribution >= 0.6 is 15.9 Å². The van der Waals surface area contributed by atoms with E-state index in [4.69, 9.17) is 10.00 Å². The summed E-state index contributed by atoms with van der Waals surface area (Å²) in [5, 5.41) is 8.78. The molecule has 3 heteroatoms. The number of para-hydroxylation sites is 1. The van der Waals surface area contributed by atoms with Crippen molar-refractivity contribution in [2.75, 3.05) is 0 Å². The highest BCUT2D eigenvalue weighted by Crippen LogP contribution is 2.31. The maximum absolute atomic E-state index is 8.78. The lowest BCUT2D eigenvalue weighted by Crippen LogP contribution is -1.88. The summed E-state index contributed by atoms with van der Waals surface area (Å²) >= 11 is 3.39. The molecule has 0 heterocycles. The first-order chi connectivity index (χ1) is 8.20. The van der Waals surface area contributed by atoms with Crippen LogP contribution in [0.5, 0.6) is 11.5 Å². The first-order valence-electron chi connectivity index (χ1n) is 5.14. The lowest BCUT2D eigenvalue weighted by molar-refractivity contribution is 0.476. The van der Waals surface area contributed by atoms with Gasteiger partial charge in [0.15, 0.2) is 0 Å². The van der Waals surface area contributed by atoms with Gasteiger partial charge in [0.25, 0.3) is 0 Å². The summed E-state index contributed by atoms with van der Waals surface area (Å²) in [5.41, 5.74) is 1.68. The zero-order valence-corrected chi connectivity index (χ0v) is 10.9. The molecule has 0 bridgehead atoms. The lowest BCUT2D eigenvalue weighted by Gasteiger charge is -2.09. The second-order valence-electron chi connectivity index (χ2n) is 3.62. The van der Waals surface area contributed by atoms with Crippen molar-refractivity contribution in [2.24, 2.45) is 0 Å². The standard InChI is InChI=1S/C14H10BrNO/c1-10-4-2-3-5-13(10)17-14-7-6-11(9-16)8-12(14)15/h2-8H,1H3. The Morgan fingerprint density at radius 3 is 2.53 bits per heavy atom. The molecule has 2 rings (SSSR count). The van der Waals surface area contributed by atoms with E-state index in [0.717, 1.165) is 15.8 Å². The number of rotatable bonds is 2. The van der Waals surface area contributed by atoms with Gasteiger partial charge in [-0.25, -0.2) is 0 Å². The van der Waals surface area contributed by atoms with Crippen LogP contribution in [-0.4, -0.2) is 0 Å². The molecule has 0 unspecified atom stereocenters. The molecule has 2 aromatic carbocycles. The first-order valence-corrected chi connectivity index (χ1v) is 5.93. The summed E-state index contributed by atoms with van der Waals surface area (Å²) in [6, 6.07) is 15.2. The number of halogens is 1. The average molecular weight is 288 g/mol. The van der Waals surface area contributed by atoms with Crippen LogP contribution in [0.4, 0.5) is 0 Å². The number of aryl methyl sites for hydroxylation is 1. The van der Waals surface area contributed by atoms with E-state index in [2.05, 4.69) is 22.0 Å². The Bertz CT molecular complexity index is 587. The van der Waals surface area contributed by atoms with Crippen molar-refractivity contribution in [3.05, 3.63) is 58.1 Å². The van der Waals surface area contributed by atoms with Crippen molar-refractivity contribution in [1.29, 1.82) is 5.26 Å². The van der Waals surface area contributed by atoms with E-state index in [9.17, 15) is 0 Å². The average Bonchev–Trinajstić information content (AvgIpc) is 2.34. The van der Waals surface area contributed by atoms with Gasteiger partial charge in [-0.2, -0.15) is 5.26 Å². The molecule has 0 N–H and O–H groups in total. The Morgan fingerprint density at radius 2 is 1.88 bits per heavy atom. The van der Waals surface area contributed by atoms with Crippen molar-refractivity contribution in [3.63, 3.8) is 0 Å². The van der Waals surface area contributed by atoms with Crippen molar-refractivity contribution < 1.29 is 4.74 Å². The number of benzene rings is 2. The van der Waals surface area contributed by atoms with Crippen molar-refractivity contribution >= 4 is 15.9 Å². The van der Waals surface area contributed by atoms with Crippen LogP contribution in [0.3, 0.4) is 0 Å². The summed E-state index contributed by atoms with van der Waals surface area (Å²) < 4.78 is 6.56. The maximum Gasteiger partial charge on any atom is 0.141 e. The van der Waals surface area contributed by atoms with E-state index in [1.807, 2.05) is 31.2 Å². The van der Waals surface area contributed by atoms with Crippen LogP contribution in [0.25, 0.3) is 0 Å². The largest absolute Gasteiger partial charge is 0.456 e. The van der Waals surface area contributed by atoms with Crippen LogP contribution in [0, 0.1) is 18.3 Å². The molecular formula is C14H10BrNO. The molecule has 0 fully saturated rings. The SMILES string of the molecule is Cc1ccccc1Oc1ccc(C#N)cc1Br. The molecule has 0 spiro atoms. The molecule has 0 aliphatic carbocycles. The zero-order chi connectivity index (χ0) is 12.3. The van der Waals surface area contributed by atoms with E-state index in [-0.39, 0.29) is 0 Å². The highest BCUT2D eigenvalue weighted by atomic mass is 79.9. The molecule has 2 aromatic rings. The minimum absolute atomic E-state index is 0.606. The van der Waals surface area contributed by atoms with Crippen LogP contribution < -0.4 is 4.74 Å². The molecule has 17 heavy (non-hydrogen) atoms. The molecule has 0 aliphatic heterocycles. The number of nitrogens with zero attached hydrogens (tertiary/aromatic N) is 1. The van der Waals surface area contributed by atoms with Gasteiger partial charge in [0.05, 0.1) is 16.1 Å². The highest BCUT2D eigenvalue weighted by Gasteiger charge is 2.05. The molecule has 0 aromatic heterocycles. The predicted molar refractivity (Wildman–Crippen MR) is 70.1 cm³/mol. The number of hydrogen-bond donors (Lipinski definition) is 0. The van der Waals surface area contributed by atoms with E-state index < -0.39 is 0 Å². The molecule has 0 atom stereocenters. The first kappa shape index (κ1) is 11.7. The van der Waals surface area contributed by atoms with Gasteiger partial charge >= 0.3 is 0 Å². The summed E-state index contributed by atoms with van der Waals surface area (Å²) in [4.78, 5) is 0. The number of hydrogen-bond acceptors (Lipinski definition) is 2. The van der Waals surface area contributed by atoms with E-state index in [1.54, 1.807) is 18.2 Å².